The fraction of sp³-hybridized carbons (Fsp3) is 0.389. The third-order valence-electron chi connectivity index (χ3n) is 3.13. The lowest BCUT2D eigenvalue weighted by molar-refractivity contribution is -0.139. The molecule has 29 heavy (non-hydrogen) atoms. The number of aromatic nitrogens is 3. The summed E-state index contributed by atoms with van der Waals surface area (Å²) in [6.45, 7) is 7.52. The van der Waals surface area contributed by atoms with Gasteiger partial charge in [0, 0.05) is 11.6 Å². The molecule has 0 unspecified atom stereocenters. The van der Waals surface area contributed by atoms with Gasteiger partial charge in [-0.15, -0.1) is 0 Å². The topological polar surface area (TPSA) is 133 Å². The van der Waals surface area contributed by atoms with E-state index in [4.69, 9.17) is 38.3 Å². The number of hydrogen-bond donors (Lipinski definition) is 3. The van der Waals surface area contributed by atoms with Gasteiger partial charge in [-0.05, 0) is 63.1 Å². The van der Waals surface area contributed by atoms with Crippen molar-refractivity contribution in [1.29, 1.82) is 5.26 Å². The Kier molecular flexibility index (Phi) is 9.38. The molecule has 0 spiro atoms. The molecule has 0 aliphatic heterocycles. The van der Waals surface area contributed by atoms with E-state index < -0.39 is 11.5 Å². The Balaban J connectivity index is 0.000000296. The molecule has 2 aromatic rings. The number of hydrogen-bond acceptors (Lipinski definition) is 8. The van der Waals surface area contributed by atoms with Crippen molar-refractivity contribution in [1.82, 2.24) is 15.0 Å². The van der Waals surface area contributed by atoms with Crippen LogP contribution >= 0.6 is 23.2 Å². The first-order chi connectivity index (χ1) is 13.6. The van der Waals surface area contributed by atoms with Crippen molar-refractivity contribution in [2.24, 2.45) is 0 Å². The molecule has 0 atom stereocenters. The number of carboxylic acids is 1. The Bertz CT molecular complexity index is 886. The predicted molar refractivity (Wildman–Crippen MR) is 112 cm³/mol. The van der Waals surface area contributed by atoms with E-state index in [1.807, 2.05) is 13.8 Å². The zero-order valence-electron chi connectivity index (χ0n) is 16.5. The summed E-state index contributed by atoms with van der Waals surface area (Å²) in [5.74, 6) is 0.224. The monoisotopic (exact) mass is 440 g/mol. The van der Waals surface area contributed by atoms with E-state index in [1.54, 1.807) is 32.0 Å². The molecule has 0 bridgehead atoms. The summed E-state index contributed by atoms with van der Waals surface area (Å²) in [6, 6.07) is 7.12. The number of anilines is 2. The molecular formula is C18H22Cl2N6O3. The third-order valence-corrected chi connectivity index (χ3v) is 3.54. The summed E-state index contributed by atoms with van der Waals surface area (Å²) >= 11 is 11.4. The summed E-state index contributed by atoms with van der Waals surface area (Å²) in [5.41, 5.74) is 0.0718. The number of nitrogens with one attached hydrogen (secondary N) is 2. The highest BCUT2D eigenvalue weighted by Gasteiger charge is 2.18. The van der Waals surface area contributed by atoms with E-state index in [0.29, 0.717) is 23.3 Å². The SMILES string of the molecule is CCNc1nc(Cl)nc(NC(C)(C)C#N)n1.Cc1cc(Cl)ccc1OCC(=O)O. The fourth-order valence-electron chi connectivity index (χ4n) is 1.86. The second kappa shape index (κ2) is 11.2. The van der Waals surface area contributed by atoms with Crippen molar-refractivity contribution in [3.8, 4) is 11.8 Å². The number of aryl methyl sites for hydroxylation is 1. The maximum absolute atomic E-state index is 10.2. The van der Waals surface area contributed by atoms with Crippen LogP contribution < -0.4 is 15.4 Å². The first-order valence-corrected chi connectivity index (χ1v) is 9.27. The average molecular weight is 441 g/mol. The standard InChI is InChI=1S/C9H13ClN6.C9H9ClO3/c1-4-12-7-13-6(10)14-8(15-7)16-9(2,3)5-11;1-6-4-7(10)2-3-8(6)13-5-9(11)12/h4H2,1-3H3,(H2,12,13,14,15,16);2-4H,5H2,1H3,(H,11,12). The Hall–Kier alpha value is -2.83. The summed E-state index contributed by atoms with van der Waals surface area (Å²) in [7, 11) is 0. The van der Waals surface area contributed by atoms with E-state index in [-0.39, 0.29) is 17.8 Å². The molecule has 1 aromatic heterocycles. The number of carboxylic acid groups (broad SMARTS) is 1. The quantitative estimate of drug-likeness (QED) is 0.587. The van der Waals surface area contributed by atoms with Crippen LogP contribution in [0.2, 0.25) is 10.3 Å². The van der Waals surface area contributed by atoms with E-state index >= 15 is 0 Å². The van der Waals surface area contributed by atoms with Crippen LogP contribution in [0.3, 0.4) is 0 Å². The highest BCUT2D eigenvalue weighted by molar-refractivity contribution is 6.30. The first-order valence-electron chi connectivity index (χ1n) is 8.52. The second-order valence-corrected chi connectivity index (χ2v) is 7.01. The van der Waals surface area contributed by atoms with Crippen LogP contribution in [0.5, 0.6) is 5.75 Å². The van der Waals surface area contributed by atoms with Crippen LogP contribution in [0, 0.1) is 18.3 Å². The second-order valence-electron chi connectivity index (χ2n) is 6.24. The molecular weight excluding hydrogens is 419 g/mol. The van der Waals surface area contributed by atoms with Crippen molar-refractivity contribution in [3.63, 3.8) is 0 Å². The van der Waals surface area contributed by atoms with Gasteiger partial charge in [0.2, 0.25) is 17.2 Å². The number of benzene rings is 1. The van der Waals surface area contributed by atoms with Gasteiger partial charge in [-0.3, -0.25) is 0 Å². The molecule has 0 saturated heterocycles. The lowest BCUT2D eigenvalue weighted by Crippen LogP contribution is -2.29. The highest BCUT2D eigenvalue weighted by atomic mass is 35.5. The summed E-state index contributed by atoms with van der Waals surface area (Å²) < 4.78 is 5.00. The normalized spacial score (nSPS) is 10.2. The van der Waals surface area contributed by atoms with Crippen molar-refractivity contribution < 1.29 is 14.6 Å². The van der Waals surface area contributed by atoms with E-state index in [9.17, 15) is 4.79 Å². The summed E-state index contributed by atoms with van der Waals surface area (Å²) in [5, 5.41) is 23.7. The van der Waals surface area contributed by atoms with Gasteiger partial charge < -0.3 is 20.5 Å². The van der Waals surface area contributed by atoms with E-state index in [0.717, 1.165) is 5.56 Å². The van der Waals surface area contributed by atoms with Gasteiger partial charge in [-0.1, -0.05) is 11.6 Å². The molecule has 1 aromatic carbocycles. The molecule has 0 amide bonds. The number of rotatable bonds is 7. The third kappa shape index (κ3) is 9.27. The molecule has 2 rings (SSSR count). The van der Waals surface area contributed by atoms with Crippen molar-refractivity contribution in [3.05, 3.63) is 34.1 Å². The molecule has 0 fully saturated rings. The number of ether oxygens (including phenoxy) is 1. The Morgan fingerprint density at radius 1 is 1.28 bits per heavy atom. The molecule has 0 aliphatic rings. The summed E-state index contributed by atoms with van der Waals surface area (Å²) in [6.07, 6.45) is 0. The first kappa shape index (κ1) is 24.2. The molecule has 3 N–H and O–H groups in total. The molecule has 0 saturated carbocycles. The Morgan fingerprint density at radius 3 is 2.48 bits per heavy atom. The van der Waals surface area contributed by atoms with Crippen LogP contribution in [0.4, 0.5) is 11.9 Å². The lowest BCUT2D eigenvalue weighted by Gasteiger charge is -2.17. The zero-order valence-corrected chi connectivity index (χ0v) is 18.0. The lowest BCUT2D eigenvalue weighted by atomic mass is 10.1. The maximum Gasteiger partial charge on any atom is 0.341 e. The Morgan fingerprint density at radius 2 is 1.93 bits per heavy atom. The van der Waals surface area contributed by atoms with E-state index in [1.165, 1.54) is 0 Å². The van der Waals surface area contributed by atoms with Gasteiger partial charge in [0.25, 0.3) is 0 Å². The van der Waals surface area contributed by atoms with Crippen LogP contribution in [-0.4, -0.2) is 44.7 Å². The van der Waals surface area contributed by atoms with Crippen molar-refractivity contribution >= 4 is 41.1 Å². The number of nitrogens with zero attached hydrogens (tertiary/aromatic N) is 4. The maximum atomic E-state index is 10.2. The van der Waals surface area contributed by atoms with Crippen LogP contribution in [0.25, 0.3) is 0 Å². The van der Waals surface area contributed by atoms with Crippen LogP contribution in [-0.2, 0) is 4.79 Å². The molecule has 11 heteroatoms. The molecule has 1 heterocycles. The number of aliphatic carboxylic acids is 1. The molecule has 9 nitrogen and oxygen atoms in total. The minimum atomic E-state index is -0.991. The number of nitriles is 1. The van der Waals surface area contributed by atoms with Crippen molar-refractivity contribution in [2.45, 2.75) is 33.2 Å². The number of carbonyl (C=O) groups is 1. The minimum absolute atomic E-state index is 0.0854. The Labute approximate surface area is 179 Å². The predicted octanol–water partition coefficient (Wildman–Crippen LogP) is 3.78. The largest absolute Gasteiger partial charge is 0.482 e. The van der Waals surface area contributed by atoms with Gasteiger partial charge in [0.1, 0.15) is 11.3 Å². The zero-order chi connectivity index (χ0) is 22.0. The van der Waals surface area contributed by atoms with Gasteiger partial charge in [0.15, 0.2) is 6.61 Å². The average Bonchev–Trinajstić information content (AvgIpc) is 2.61. The van der Waals surface area contributed by atoms with Crippen LogP contribution in [0.15, 0.2) is 18.2 Å². The smallest absolute Gasteiger partial charge is 0.341 e. The van der Waals surface area contributed by atoms with Gasteiger partial charge >= 0.3 is 5.97 Å². The molecule has 0 radical (unpaired) electrons. The van der Waals surface area contributed by atoms with Crippen LogP contribution in [0.1, 0.15) is 26.3 Å². The highest BCUT2D eigenvalue weighted by Crippen LogP contribution is 2.21. The number of halogens is 2. The summed E-state index contributed by atoms with van der Waals surface area (Å²) in [4.78, 5) is 22.1. The van der Waals surface area contributed by atoms with Gasteiger partial charge in [-0.2, -0.15) is 20.2 Å². The van der Waals surface area contributed by atoms with Crippen molar-refractivity contribution in [2.75, 3.05) is 23.8 Å². The van der Waals surface area contributed by atoms with Gasteiger partial charge in [0.05, 0.1) is 6.07 Å². The minimum Gasteiger partial charge on any atom is -0.482 e. The molecule has 156 valence electrons. The molecule has 0 aliphatic carbocycles. The fourth-order valence-corrected chi connectivity index (χ4v) is 2.25. The van der Waals surface area contributed by atoms with E-state index in [2.05, 4.69) is 31.7 Å². The van der Waals surface area contributed by atoms with Gasteiger partial charge in [-0.25, -0.2) is 4.79 Å².